The van der Waals surface area contributed by atoms with Gasteiger partial charge < -0.3 is 15.5 Å². The second kappa shape index (κ2) is 10.7. The molecule has 2 aromatic rings. The number of nitrogens with zero attached hydrogens (tertiary/aromatic N) is 5. The van der Waals surface area contributed by atoms with Gasteiger partial charge >= 0.3 is 0 Å². The number of fused-ring (bicyclic) bond motifs is 3. The average Bonchev–Trinajstić information content (AvgIpc) is 3.38. The maximum Gasteiger partial charge on any atom is 0.262 e. The largest absolute Gasteiger partial charge is 0.368 e. The molecule has 0 spiro atoms. The van der Waals surface area contributed by atoms with Crippen LogP contribution in [0, 0.1) is 5.92 Å². The van der Waals surface area contributed by atoms with Crippen LogP contribution in [0.1, 0.15) is 69.6 Å². The van der Waals surface area contributed by atoms with E-state index in [-0.39, 0.29) is 18.7 Å². The van der Waals surface area contributed by atoms with Gasteiger partial charge in [0.2, 0.25) is 17.7 Å². The van der Waals surface area contributed by atoms with Gasteiger partial charge in [-0.25, -0.2) is 4.98 Å². The number of hydrogen-bond donors (Lipinski definition) is 2. The summed E-state index contributed by atoms with van der Waals surface area (Å²) in [4.78, 5) is 74.5. The van der Waals surface area contributed by atoms with Crippen molar-refractivity contribution in [2.45, 2.75) is 56.7 Å². The Morgan fingerprint density at radius 3 is 2.26 bits per heavy atom. The van der Waals surface area contributed by atoms with E-state index in [9.17, 15) is 24.0 Å². The summed E-state index contributed by atoms with van der Waals surface area (Å²) in [5.74, 6) is -0.905. The maximum atomic E-state index is 13.3. The third kappa shape index (κ3) is 4.93. The molecule has 4 fully saturated rings. The van der Waals surface area contributed by atoms with Gasteiger partial charge in [0.05, 0.1) is 16.7 Å². The molecule has 3 N–H and O–H groups in total. The Balaban J connectivity index is 0.973. The van der Waals surface area contributed by atoms with Crippen molar-refractivity contribution in [3.8, 4) is 0 Å². The molecule has 5 aliphatic heterocycles. The number of anilines is 2. The molecule has 224 valence electrons. The predicted octanol–water partition coefficient (Wildman–Crippen LogP) is 1.15. The van der Waals surface area contributed by atoms with E-state index in [0.29, 0.717) is 34.7 Å². The molecule has 0 radical (unpaired) electrons. The lowest BCUT2D eigenvalue weighted by atomic mass is 9.95. The second-order valence-corrected chi connectivity index (χ2v) is 12.4. The molecular formula is C31H35N7O5. The number of piperidine rings is 2. The van der Waals surface area contributed by atoms with Crippen molar-refractivity contribution in [1.29, 1.82) is 0 Å². The number of hydrogen-bond acceptors (Lipinski definition) is 9. The summed E-state index contributed by atoms with van der Waals surface area (Å²) in [7, 11) is 0. The first kappa shape index (κ1) is 27.5. The third-order valence-corrected chi connectivity index (χ3v) is 9.86. The van der Waals surface area contributed by atoms with Crippen LogP contribution >= 0.6 is 0 Å². The first-order valence-corrected chi connectivity index (χ1v) is 15.1. The summed E-state index contributed by atoms with van der Waals surface area (Å²) < 4.78 is 0. The van der Waals surface area contributed by atoms with E-state index in [2.05, 4.69) is 25.0 Å². The highest BCUT2D eigenvalue weighted by atomic mass is 16.2. The number of pyridine rings is 1. The fourth-order valence-corrected chi connectivity index (χ4v) is 7.52. The lowest BCUT2D eigenvalue weighted by Crippen LogP contribution is -2.55. The fraction of sp³-hybridized carbons (Fsp3) is 0.484. The summed E-state index contributed by atoms with van der Waals surface area (Å²) in [6.07, 6.45) is 6.25. The Kier molecular flexibility index (Phi) is 6.88. The Morgan fingerprint density at radius 2 is 1.60 bits per heavy atom. The minimum atomic E-state index is -0.960. The number of aromatic nitrogens is 1. The van der Waals surface area contributed by atoms with Gasteiger partial charge in [-0.2, -0.15) is 0 Å². The summed E-state index contributed by atoms with van der Waals surface area (Å²) >= 11 is 0. The summed E-state index contributed by atoms with van der Waals surface area (Å²) in [5, 5.41) is 2.25. The molecule has 3 atom stereocenters. The van der Waals surface area contributed by atoms with Gasteiger partial charge in [0.15, 0.2) is 0 Å². The van der Waals surface area contributed by atoms with E-state index < -0.39 is 29.7 Å². The van der Waals surface area contributed by atoms with Gasteiger partial charge in [0.1, 0.15) is 11.9 Å². The number of carbonyl (C=O) groups is 5. The number of nitrogens with one attached hydrogen (secondary N) is 1. The van der Waals surface area contributed by atoms with E-state index >= 15 is 0 Å². The van der Waals surface area contributed by atoms with Crippen molar-refractivity contribution in [2.75, 3.05) is 42.5 Å². The number of imide groups is 2. The summed E-state index contributed by atoms with van der Waals surface area (Å²) in [6.45, 7) is 4.66. The van der Waals surface area contributed by atoms with Crippen LogP contribution in [0.5, 0.6) is 0 Å². The smallest absolute Gasteiger partial charge is 0.262 e. The molecule has 6 heterocycles. The quantitative estimate of drug-likeness (QED) is 0.476. The molecule has 1 aromatic heterocycles. The highest BCUT2D eigenvalue weighted by Gasteiger charge is 2.46. The monoisotopic (exact) mass is 585 g/mol. The zero-order chi connectivity index (χ0) is 29.8. The molecule has 2 bridgehead atoms. The Labute approximate surface area is 249 Å². The first-order chi connectivity index (χ1) is 20.8. The zero-order valence-corrected chi connectivity index (χ0v) is 23.9. The molecule has 12 nitrogen and oxygen atoms in total. The number of benzene rings is 1. The normalized spacial score (nSPS) is 26.2. The number of piperazine rings is 1. The van der Waals surface area contributed by atoms with E-state index in [0.717, 1.165) is 74.8 Å². The highest BCUT2D eigenvalue weighted by molar-refractivity contribution is 6.23. The zero-order valence-electron chi connectivity index (χ0n) is 23.9. The van der Waals surface area contributed by atoms with Gasteiger partial charge in [-0.1, -0.05) is 0 Å². The summed E-state index contributed by atoms with van der Waals surface area (Å²) in [5.41, 5.74) is 7.32. The van der Waals surface area contributed by atoms with E-state index in [1.54, 1.807) is 24.4 Å². The van der Waals surface area contributed by atoms with Crippen LogP contribution in [-0.4, -0.2) is 95.2 Å². The van der Waals surface area contributed by atoms with Gasteiger partial charge in [-0.3, -0.25) is 39.1 Å². The molecule has 4 saturated heterocycles. The van der Waals surface area contributed by atoms with Crippen molar-refractivity contribution in [1.82, 2.24) is 20.1 Å². The van der Waals surface area contributed by atoms with E-state index in [4.69, 9.17) is 5.73 Å². The summed E-state index contributed by atoms with van der Waals surface area (Å²) in [6, 6.07) is 8.93. The number of nitrogens with two attached hydrogens (primary N) is 1. The molecule has 43 heavy (non-hydrogen) atoms. The predicted molar refractivity (Wildman–Crippen MR) is 157 cm³/mol. The van der Waals surface area contributed by atoms with Gasteiger partial charge in [-0.15, -0.1) is 0 Å². The van der Waals surface area contributed by atoms with Crippen LogP contribution in [0.2, 0.25) is 0 Å². The van der Waals surface area contributed by atoms with Crippen molar-refractivity contribution in [3.63, 3.8) is 0 Å². The number of primary amides is 1. The molecule has 5 amide bonds. The minimum Gasteiger partial charge on any atom is -0.368 e. The Morgan fingerprint density at radius 1 is 0.884 bits per heavy atom. The third-order valence-electron chi connectivity index (χ3n) is 9.86. The van der Waals surface area contributed by atoms with Crippen LogP contribution in [0.3, 0.4) is 0 Å². The molecule has 7 rings (SSSR count). The maximum absolute atomic E-state index is 13.3. The average molecular weight is 586 g/mol. The second-order valence-electron chi connectivity index (χ2n) is 12.4. The first-order valence-electron chi connectivity index (χ1n) is 15.1. The molecule has 0 aliphatic carbocycles. The molecule has 0 saturated carbocycles. The van der Waals surface area contributed by atoms with Crippen LogP contribution in [0.4, 0.5) is 11.5 Å². The van der Waals surface area contributed by atoms with Crippen molar-refractivity contribution in [2.24, 2.45) is 11.7 Å². The number of amides is 5. The molecule has 5 aliphatic rings. The molecule has 1 aromatic carbocycles. The van der Waals surface area contributed by atoms with Crippen molar-refractivity contribution >= 4 is 41.0 Å². The van der Waals surface area contributed by atoms with Crippen LogP contribution in [0.15, 0.2) is 36.5 Å². The standard InChI is InChI=1S/C31H35N7O5/c32-28(40)19-1-7-26(33-14-19)35-11-9-18(10-12-35)15-37-21-2-3-22(37)17-36(16-21)20-4-5-23-24(13-20)31(43)38(30(23)42)25-6-8-27(39)34-29(25)41/h1,4-5,7,13-14,18,21-22,25H,2-3,6,8-12,15-17H2,(H2,32,40)(H,34,39,41). The number of carbonyl (C=O) groups excluding carboxylic acids is 5. The lowest BCUT2D eigenvalue weighted by Gasteiger charge is -2.44. The van der Waals surface area contributed by atoms with Crippen molar-refractivity contribution in [3.05, 3.63) is 53.2 Å². The molecule has 12 heteroatoms. The van der Waals surface area contributed by atoms with Crippen LogP contribution in [-0.2, 0) is 9.59 Å². The topological polar surface area (TPSA) is 149 Å². The van der Waals surface area contributed by atoms with Gasteiger partial charge in [-0.05, 0) is 68.4 Å². The molecular weight excluding hydrogens is 550 g/mol. The fourth-order valence-electron chi connectivity index (χ4n) is 7.52. The van der Waals surface area contributed by atoms with Crippen molar-refractivity contribution < 1.29 is 24.0 Å². The minimum absolute atomic E-state index is 0.102. The van der Waals surface area contributed by atoms with Gasteiger partial charge in [0.25, 0.3) is 11.8 Å². The van der Waals surface area contributed by atoms with Gasteiger partial charge in [0, 0.05) is 63.1 Å². The van der Waals surface area contributed by atoms with Crippen LogP contribution < -0.4 is 20.9 Å². The SMILES string of the molecule is NC(=O)c1ccc(N2CCC(CN3C4CCC3CN(c3ccc5c(c3)C(=O)N(C3CCC(=O)NC3=O)C5=O)C4)CC2)nc1. The lowest BCUT2D eigenvalue weighted by molar-refractivity contribution is -0.136. The Bertz CT molecular complexity index is 1490. The van der Waals surface area contributed by atoms with Crippen LogP contribution in [0.25, 0.3) is 0 Å². The molecule has 3 unspecified atom stereocenters. The highest BCUT2D eigenvalue weighted by Crippen LogP contribution is 2.37. The van der Waals surface area contributed by atoms with E-state index in [1.165, 1.54) is 0 Å². The van der Waals surface area contributed by atoms with E-state index in [1.807, 2.05) is 12.1 Å². The number of rotatable bonds is 6. The Hall–Kier alpha value is -4.32.